The molecular formula is C14H24N2O5. The van der Waals surface area contributed by atoms with Gasteiger partial charge < -0.3 is 20.5 Å². The third kappa shape index (κ3) is 3.02. The first-order chi connectivity index (χ1) is 9.58. The summed E-state index contributed by atoms with van der Waals surface area (Å²) in [7, 11) is 0. The SMILES string of the molecule is CCOC1CC(NC(=O)C(C)NC(C)=O)(C(=O)O)C1(C)C. The Hall–Kier alpha value is -1.63. The molecule has 0 bridgehead atoms. The van der Waals surface area contributed by atoms with Crippen LogP contribution in [0.4, 0.5) is 0 Å². The quantitative estimate of drug-likeness (QED) is 0.654. The fourth-order valence-electron chi connectivity index (χ4n) is 2.73. The van der Waals surface area contributed by atoms with Crippen molar-refractivity contribution in [3.8, 4) is 0 Å². The molecule has 7 nitrogen and oxygen atoms in total. The summed E-state index contributed by atoms with van der Waals surface area (Å²) in [5.74, 6) is -1.95. The van der Waals surface area contributed by atoms with Gasteiger partial charge in [-0.3, -0.25) is 9.59 Å². The fourth-order valence-corrected chi connectivity index (χ4v) is 2.73. The van der Waals surface area contributed by atoms with E-state index in [0.29, 0.717) is 6.61 Å². The van der Waals surface area contributed by atoms with Crippen LogP contribution in [0.15, 0.2) is 0 Å². The number of rotatable bonds is 6. The first-order valence-electron chi connectivity index (χ1n) is 7.02. The molecule has 1 aliphatic carbocycles. The van der Waals surface area contributed by atoms with Gasteiger partial charge >= 0.3 is 5.97 Å². The summed E-state index contributed by atoms with van der Waals surface area (Å²) in [5, 5.41) is 14.6. The smallest absolute Gasteiger partial charge is 0.330 e. The molecule has 120 valence electrons. The monoisotopic (exact) mass is 300 g/mol. The topological polar surface area (TPSA) is 105 Å². The van der Waals surface area contributed by atoms with Crippen molar-refractivity contribution in [2.75, 3.05) is 6.61 Å². The van der Waals surface area contributed by atoms with E-state index in [1.807, 2.05) is 6.92 Å². The molecule has 0 heterocycles. The van der Waals surface area contributed by atoms with Gasteiger partial charge in [-0.1, -0.05) is 13.8 Å². The molecule has 0 spiro atoms. The molecule has 21 heavy (non-hydrogen) atoms. The lowest BCUT2D eigenvalue weighted by Gasteiger charge is -2.58. The van der Waals surface area contributed by atoms with E-state index in [4.69, 9.17) is 4.74 Å². The van der Waals surface area contributed by atoms with Gasteiger partial charge in [0.15, 0.2) is 0 Å². The van der Waals surface area contributed by atoms with E-state index in [-0.39, 0.29) is 18.4 Å². The van der Waals surface area contributed by atoms with Crippen LogP contribution in [0, 0.1) is 5.41 Å². The molecule has 0 saturated heterocycles. The number of carbonyl (C=O) groups is 3. The summed E-state index contributed by atoms with van der Waals surface area (Å²) < 4.78 is 5.52. The third-order valence-corrected chi connectivity index (χ3v) is 4.28. The Balaban J connectivity index is 2.88. The number of amides is 2. The van der Waals surface area contributed by atoms with Gasteiger partial charge in [-0.15, -0.1) is 0 Å². The standard InChI is InChI=1S/C14H24N2O5/c1-6-21-10-7-14(12(19)20,13(10,4)5)16-11(18)8(2)15-9(3)17/h8,10H,6-7H2,1-5H3,(H,15,17)(H,16,18)(H,19,20). The molecule has 0 aromatic carbocycles. The van der Waals surface area contributed by atoms with Crippen LogP contribution in [-0.2, 0) is 19.1 Å². The van der Waals surface area contributed by atoms with Gasteiger partial charge in [-0.2, -0.15) is 0 Å². The predicted octanol–water partition coefficient (Wildman–Crippen LogP) is 0.286. The number of aliphatic carboxylic acids is 1. The molecule has 0 radical (unpaired) electrons. The maximum absolute atomic E-state index is 12.1. The molecule has 3 atom stereocenters. The van der Waals surface area contributed by atoms with Gasteiger partial charge in [-0.25, -0.2) is 4.79 Å². The predicted molar refractivity (Wildman–Crippen MR) is 75.6 cm³/mol. The van der Waals surface area contributed by atoms with Crippen LogP contribution in [0.1, 0.15) is 41.0 Å². The van der Waals surface area contributed by atoms with Crippen LogP contribution in [0.5, 0.6) is 0 Å². The summed E-state index contributed by atoms with van der Waals surface area (Å²) in [6.07, 6.45) is -0.0169. The number of carboxylic acids is 1. The lowest BCUT2D eigenvalue weighted by Crippen LogP contribution is -2.77. The molecule has 3 unspecified atom stereocenters. The van der Waals surface area contributed by atoms with E-state index in [2.05, 4.69) is 10.6 Å². The summed E-state index contributed by atoms with van der Waals surface area (Å²) >= 11 is 0. The van der Waals surface area contributed by atoms with Crippen molar-refractivity contribution in [1.29, 1.82) is 0 Å². The molecule has 1 saturated carbocycles. The van der Waals surface area contributed by atoms with Crippen LogP contribution >= 0.6 is 0 Å². The average molecular weight is 300 g/mol. The number of hydrogen-bond donors (Lipinski definition) is 3. The normalized spacial score (nSPS) is 28.1. The van der Waals surface area contributed by atoms with E-state index < -0.39 is 28.9 Å². The van der Waals surface area contributed by atoms with Gasteiger partial charge in [-0.05, 0) is 13.8 Å². The Morgan fingerprint density at radius 3 is 2.33 bits per heavy atom. The molecule has 7 heteroatoms. The summed E-state index contributed by atoms with van der Waals surface area (Å²) in [4.78, 5) is 34.8. The number of hydrogen-bond acceptors (Lipinski definition) is 4. The van der Waals surface area contributed by atoms with E-state index >= 15 is 0 Å². The highest BCUT2D eigenvalue weighted by Gasteiger charge is 2.66. The molecule has 0 aromatic heterocycles. The minimum atomic E-state index is -1.38. The zero-order chi connectivity index (χ0) is 16.4. The van der Waals surface area contributed by atoms with Crippen molar-refractivity contribution >= 4 is 17.8 Å². The van der Waals surface area contributed by atoms with Crippen molar-refractivity contribution in [2.24, 2.45) is 5.41 Å². The summed E-state index contributed by atoms with van der Waals surface area (Å²) in [6, 6.07) is -0.791. The second kappa shape index (κ2) is 6.01. The lowest BCUT2D eigenvalue weighted by atomic mass is 9.54. The van der Waals surface area contributed by atoms with Crippen LogP contribution in [0.2, 0.25) is 0 Å². The minimum absolute atomic E-state index is 0.210. The van der Waals surface area contributed by atoms with Crippen molar-refractivity contribution in [2.45, 2.75) is 58.7 Å². The largest absolute Gasteiger partial charge is 0.479 e. The average Bonchev–Trinajstić information content (AvgIpc) is 2.35. The van der Waals surface area contributed by atoms with Crippen molar-refractivity contribution in [3.63, 3.8) is 0 Å². The Morgan fingerprint density at radius 2 is 1.95 bits per heavy atom. The molecule has 1 fully saturated rings. The second-order valence-electron chi connectivity index (χ2n) is 5.99. The number of carboxylic acid groups (broad SMARTS) is 1. The Morgan fingerprint density at radius 1 is 1.38 bits per heavy atom. The zero-order valence-electron chi connectivity index (χ0n) is 13.1. The maximum atomic E-state index is 12.1. The Bertz CT molecular complexity index is 449. The minimum Gasteiger partial charge on any atom is -0.479 e. The molecule has 0 aromatic rings. The summed E-state index contributed by atoms with van der Waals surface area (Å²) in [6.45, 7) is 8.66. The summed E-state index contributed by atoms with van der Waals surface area (Å²) in [5.41, 5.74) is -2.11. The second-order valence-corrected chi connectivity index (χ2v) is 5.99. The zero-order valence-corrected chi connectivity index (χ0v) is 13.1. The molecular weight excluding hydrogens is 276 g/mol. The van der Waals surface area contributed by atoms with E-state index in [1.54, 1.807) is 13.8 Å². The number of carbonyl (C=O) groups excluding carboxylic acids is 2. The van der Waals surface area contributed by atoms with Crippen molar-refractivity contribution in [1.82, 2.24) is 10.6 Å². The van der Waals surface area contributed by atoms with Crippen LogP contribution in [0.3, 0.4) is 0 Å². The highest BCUT2D eigenvalue weighted by atomic mass is 16.5. The maximum Gasteiger partial charge on any atom is 0.330 e. The molecule has 2 amide bonds. The van der Waals surface area contributed by atoms with E-state index in [1.165, 1.54) is 13.8 Å². The fraction of sp³-hybridized carbons (Fsp3) is 0.786. The number of nitrogens with one attached hydrogen (secondary N) is 2. The van der Waals surface area contributed by atoms with Gasteiger partial charge in [0.1, 0.15) is 11.6 Å². The van der Waals surface area contributed by atoms with Crippen molar-refractivity contribution < 1.29 is 24.2 Å². The highest BCUT2D eigenvalue weighted by Crippen LogP contribution is 2.51. The molecule has 0 aliphatic heterocycles. The molecule has 3 N–H and O–H groups in total. The molecule has 1 aliphatic rings. The van der Waals surface area contributed by atoms with Crippen LogP contribution < -0.4 is 10.6 Å². The molecule has 1 rings (SSSR count). The van der Waals surface area contributed by atoms with Gasteiger partial charge in [0, 0.05) is 25.4 Å². The highest BCUT2D eigenvalue weighted by molar-refractivity contribution is 5.93. The third-order valence-electron chi connectivity index (χ3n) is 4.28. The Labute approximate surface area is 124 Å². The van der Waals surface area contributed by atoms with Gasteiger partial charge in [0.2, 0.25) is 11.8 Å². The first-order valence-corrected chi connectivity index (χ1v) is 7.02. The number of ether oxygens (including phenoxy) is 1. The lowest BCUT2D eigenvalue weighted by molar-refractivity contribution is -0.194. The van der Waals surface area contributed by atoms with E-state index in [0.717, 1.165) is 0 Å². The first kappa shape index (κ1) is 17.4. The van der Waals surface area contributed by atoms with Crippen molar-refractivity contribution in [3.05, 3.63) is 0 Å². The van der Waals surface area contributed by atoms with Gasteiger partial charge in [0.05, 0.1) is 6.10 Å². The van der Waals surface area contributed by atoms with Crippen LogP contribution in [-0.4, -0.2) is 47.2 Å². The van der Waals surface area contributed by atoms with Gasteiger partial charge in [0.25, 0.3) is 0 Å². The van der Waals surface area contributed by atoms with Crippen LogP contribution in [0.25, 0.3) is 0 Å². The Kier molecular flexibility index (Phi) is 4.99. The van der Waals surface area contributed by atoms with E-state index in [9.17, 15) is 19.5 Å².